The molecule has 7 nitrogen and oxygen atoms in total. The molecule has 1 aliphatic heterocycles. The molecule has 1 fully saturated rings. The van der Waals surface area contributed by atoms with Crippen LogP contribution in [0.3, 0.4) is 0 Å². The largest absolute Gasteiger partial charge is 0.480 e. The van der Waals surface area contributed by atoms with E-state index < -0.39 is 28.8 Å². The zero-order valence-corrected chi connectivity index (χ0v) is 12.8. The Hall–Kier alpha value is -1.15. The molecule has 1 aliphatic rings. The summed E-state index contributed by atoms with van der Waals surface area (Å²) in [6, 6.07) is -1.26. The van der Waals surface area contributed by atoms with Crippen LogP contribution >= 0.6 is 0 Å². The van der Waals surface area contributed by atoms with Gasteiger partial charge in [-0.1, -0.05) is 6.92 Å². The van der Waals surface area contributed by atoms with E-state index in [0.29, 0.717) is 19.4 Å². The van der Waals surface area contributed by atoms with Gasteiger partial charge in [-0.25, -0.2) is 9.59 Å². The van der Waals surface area contributed by atoms with Gasteiger partial charge in [0, 0.05) is 48.9 Å². The number of carboxylic acids is 1. The van der Waals surface area contributed by atoms with Crippen LogP contribution in [0.25, 0.3) is 0 Å². The third-order valence-electron chi connectivity index (χ3n) is 3.54. The molecule has 116 valence electrons. The van der Waals surface area contributed by atoms with Crippen LogP contribution in [0.2, 0.25) is 0 Å². The molecule has 2 N–H and O–H groups in total. The Morgan fingerprint density at radius 1 is 1.55 bits per heavy atom. The first-order valence-electron chi connectivity index (χ1n) is 6.49. The molecule has 0 aromatic carbocycles. The van der Waals surface area contributed by atoms with Crippen molar-refractivity contribution in [2.45, 2.75) is 37.2 Å². The number of likely N-dealkylation sites (tertiary alicyclic amines) is 1. The highest BCUT2D eigenvalue weighted by atomic mass is 32.2. The lowest BCUT2D eigenvalue weighted by Crippen LogP contribution is -2.46. The molecular weight excluding hydrogens is 284 g/mol. The number of urea groups is 1. The summed E-state index contributed by atoms with van der Waals surface area (Å²) in [5.74, 6) is -1.03. The van der Waals surface area contributed by atoms with Crippen molar-refractivity contribution < 1.29 is 23.6 Å². The van der Waals surface area contributed by atoms with E-state index in [2.05, 4.69) is 5.32 Å². The molecule has 1 saturated heterocycles. The third kappa shape index (κ3) is 4.45. The number of hydrogen-bond acceptors (Lipinski definition) is 4. The molecule has 4 unspecified atom stereocenters. The topological polar surface area (TPSA) is 95.9 Å². The van der Waals surface area contributed by atoms with Crippen molar-refractivity contribution in [3.05, 3.63) is 0 Å². The number of carbonyl (C=O) groups excluding carboxylic acids is 1. The van der Waals surface area contributed by atoms with Crippen molar-refractivity contribution in [3.63, 3.8) is 0 Å². The lowest BCUT2D eigenvalue weighted by atomic mass is 10.2. The minimum absolute atomic E-state index is 0.00382. The van der Waals surface area contributed by atoms with Gasteiger partial charge < -0.3 is 20.1 Å². The van der Waals surface area contributed by atoms with Crippen molar-refractivity contribution in [2.24, 2.45) is 0 Å². The van der Waals surface area contributed by atoms with E-state index in [-0.39, 0.29) is 17.9 Å². The number of rotatable bonds is 6. The van der Waals surface area contributed by atoms with Crippen LogP contribution in [-0.2, 0) is 20.3 Å². The molecule has 0 bridgehead atoms. The van der Waals surface area contributed by atoms with Crippen molar-refractivity contribution in [2.75, 3.05) is 26.5 Å². The number of nitrogens with one attached hydrogen (secondary N) is 1. The maximum atomic E-state index is 12.0. The van der Waals surface area contributed by atoms with Crippen LogP contribution in [-0.4, -0.2) is 70.1 Å². The lowest BCUT2D eigenvalue weighted by Gasteiger charge is -2.22. The van der Waals surface area contributed by atoms with E-state index >= 15 is 0 Å². The Morgan fingerprint density at radius 3 is 2.70 bits per heavy atom. The lowest BCUT2D eigenvalue weighted by molar-refractivity contribution is -0.141. The van der Waals surface area contributed by atoms with Gasteiger partial charge in [0.2, 0.25) is 0 Å². The fourth-order valence-corrected chi connectivity index (χ4v) is 2.53. The number of carbonyl (C=O) groups is 2. The van der Waals surface area contributed by atoms with E-state index in [1.807, 2.05) is 6.92 Å². The Labute approximate surface area is 121 Å². The predicted octanol–water partition coefficient (Wildman–Crippen LogP) is 0.0270. The smallest absolute Gasteiger partial charge is 0.326 e. The van der Waals surface area contributed by atoms with Crippen LogP contribution in [0.4, 0.5) is 4.79 Å². The molecule has 0 saturated carbocycles. The molecule has 0 aromatic heterocycles. The van der Waals surface area contributed by atoms with E-state index in [9.17, 15) is 13.8 Å². The maximum absolute atomic E-state index is 12.0. The van der Waals surface area contributed by atoms with Gasteiger partial charge in [0.05, 0.1) is 6.10 Å². The molecule has 4 atom stereocenters. The molecule has 0 spiro atoms. The van der Waals surface area contributed by atoms with Gasteiger partial charge in [0.15, 0.2) is 0 Å². The van der Waals surface area contributed by atoms with Gasteiger partial charge in [0.1, 0.15) is 6.04 Å². The van der Waals surface area contributed by atoms with Gasteiger partial charge in [0.25, 0.3) is 0 Å². The monoisotopic (exact) mass is 306 g/mol. The highest BCUT2D eigenvalue weighted by molar-refractivity contribution is 7.84. The van der Waals surface area contributed by atoms with Crippen LogP contribution < -0.4 is 5.32 Å². The second kappa shape index (κ2) is 7.58. The quantitative estimate of drug-likeness (QED) is 0.721. The van der Waals surface area contributed by atoms with Crippen LogP contribution in [0, 0.1) is 0 Å². The average Bonchev–Trinajstić information content (AvgIpc) is 2.82. The fourth-order valence-electron chi connectivity index (χ4n) is 2.08. The van der Waals surface area contributed by atoms with Gasteiger partial charge in [-0.2, -0.15) is 0 Å². The Bertz CT molecular complexity index is 390. The Balaban J connectivity index is 2.49. The normalized spacial score (nSPS) is 25.2. The number of aliphatic carboxylic acids is 1. The summed E-state index contributed by atoms with van der Waals surface area (Å²) in [5, 5.41) is 11.8. The number of carboxylic acid groups (broad SMARTS) is 1. The Morgan fingerprint density at radius 2 is 2.20 bits per heavy atom. The van der Waals surface area contributed by atoms with E-state index in [1.165, 1.54) is 12.0 Å². The summed E-state index contributed by atoms with van der Waals surface area (Å²) in [6.07, 6.45) is 2.27. The van der Waals surface area contributed by atoms with Crippen LogP contribution in [0.1, 0.15) is 19.8 Å². The molecule has 0 aromatic rings. The number of hydrogen-bond donors (Lipinski definition) is 2. The SMILES string of the molecule is COC1CC(C(=O)O)N(C(=O)NCCC(C)S(C)=O)C1. The van der Waals surface area contributed by atoms with Gasteiger partial charge in [-0.15, -0.1) is 0 Å². The molecule has 1 rings (SSSR count). The number of nitrogens with zero attached hydrogens (tertiary/aromatic N) is 1. The summed E-state index contributed by atoms with van der Waals surface area (Å²) in [7, 11) is 0.576. The highest BCUT2D eigenvalue weighted by Gasteiger charge is 2.39. The molecule has 0 radical (unpaired) electrons. The van der Waals surface area contributed by atoms with Crippen LogP contribution in [0.15, 0.2) is 0 Å². The summed E-state index contributed by atoms with van der Waals surface area (Å²) < 4.78 is 16.3. The second-order valence-electron chi connectivity index (χ2n) is 4.93. The van der Waals surface area contributed by atoms with Crippen molar-refractivity contribution in [1.29, 1.82) is 0 Å². The zero-order valence-electron chi connectivity index (χ0n) is 12.0. The number of amides is 2. The van der Waals surface area contributed by atoms with Crippen molar-refractivity contribution in [3.8, 4) is 0 Å². The molecule has 8 heteroatoms. The molecule has 20 heavy (non-hydrogen) atoms. The first-order chi connectivity index (χ1) is 9.36. The van der Waals surface area contributed by atoms with Crippen LogP contribution in [0.5, 0.6) is 0 Å². The predicted molar refractivity (Wildman–Crippen MR) is 75.1 cm³/mol. The summed E-state index contributed by atoms with van der Waals surface area (Å²) in [5.41, 5.74) is 0. The summed E-state index contributed by atoms with van der Waals surface area (Å²) >= 11 is 0. The van der Waals surface area contributed by atoms with Crippen molar-refractivity contribution >= 4 is 22.8 Å². The summed E-state index contributed by atoms with van der Waals surface area (Å²) in [4.78, 5) is 24.4. The van der Waals surface area contributed by atoms with Gasteiger partial charge in [-0.05, 0) is 6.42 Å². The Kier molecular flexibility index (Phi) is 6.41. The molecular formula is C12H22N2O5S. The average molecular weight is 306 g/mol. The second-order valence-corrected chi connectivity index (χ2v) is 6.73. The van der Waals surface area contributed by atoms with E-state index in [4.69, 9.17) is 9.84 Å². The summed E-state index contributed by atoms with van der Waals surface area (Å²) in [6.45, 7) is 2.49. The first kappa shape index (κ1) is 16.9. The minimum Gasteiger partial charge on any atom is -0.480 e. The molecule has 0 aliphatic carbocycles. The van der Waals surface area contributed by atoms with Gasteiger partial charge >= 0.3 is 12.0 Å². The standard InChI is InChI=1S/C12H22N2O5S/c1-8(20(3)18)4-5-13-12(17)14-7-9(19-2)6-10(14)11(15)16/h8-10H,4-7H2,1-3H3,(H,13,17)(H,15,16). The third-order valence-corrected chi connectivity index (χ3v) is 4.90. The van der Waals surface area contributed by atoms with E-state index in [1.54, 1.807) is 6.26 Å². The van der Waals surface area contributed by atoms with Crippen molar-refractivity contribution in [1.82, 2.24) is 10.2 Å². The maximum Gasteiger partial charge on any atom is 0.326 e. The number of methoxy groups -OCH3 is 1. The minimum atomic E-state index is -1.03. The molecule has 1 heterocycles. The molecule has 2 amide bonds. The van der Waals surface area contributed by atoms with Gasteiger partial charge in [-0.3, -0.25) is 4.21 Å². The van der Waals surface area contributed by atoms with E-state index in [0.717, 1.165) is 0 Å². The highest BCUT2D eigenvalue weighted by Crippen LogP contribution is 2.20. The fraction of sp³-hybridized carbons (Fsp3) is 0.833. The first-order valence-corrected chi connectivity index (χ1v) is 8.11. The zero-order chi connectivity index (χ0) is 15.3. The number of ether oxygens (including phenoxy) is 1.